The van der Waals surface area contributed by atoms with Crippen LogP contribution < -0.4 is 15.0 Å². The molecule has 0 saturated carbocycles. The van der Waals surface area contributed by atoms with Crippen LogP contribution in [0.5, 0.6) is 5.75 Å². The molecule has 2 aliphatic heterocycles. The lowest BCUT2D eigenvalue weighted by atomic mass is 9.94. The first-order chi connectivity index (χ1) is 15.3. The third-order valence-electron chi connectivity index (χ3n) is 5.91. The molecule has 0 saturated heterocycles. The van der Waals surface area contributed by atoms with Gasteiger partial charge in [0.25, 0.3) is 5.91 Å². The highest BCUT2D eigenvalue weighted by Gasteiger charge is 2.34. The smallest absolute Gasteiger partial charge is 0.263 e. The van der Waals surface area contributed by atoms with E-state index in [4.69, 9.17) is 9.72 Å². The number of aryl methyl sites for hydroxylation is 1. The Morgan fingerprint density at radius 2 is 2.12 bits per heavy atom. The Balaban J connectivity index is 1.46. The van der Waals surface area contributed by atoms with Crippen LogP contribution in [0.25, 0.3) is 11.1 Å². The van der Waals surface area contributed by atoms with Gasteiger partial charge in [-0.25, -0.2) is 4.98 Å². The minimum Gasteiger partial charge on any atom is -0.490 e. The summed E-state index contributed by atoms with van der Waals surface area (Å²) in [5.74, 6) is 1.45. The number of carbonyl (C=O) groups is 1. The molecule has 7 nitrogen and oxygen atoms in total. The predicted molar refractivity (Wildman–Crippen MR) is 127 cm³/mol. The molecule has 0 atom stereocenters. The summed E-state index contributed by atoms with van der Waals surface area (Å²) in [6.07, 6.45) is 5.86. The molecule has 3 aromatic rings. The van der Waals surface area contributed by atoms with Crippen molar-refractivity contribution in [2.24, 2.45) is 5.92 Å². The Morgan fingerprint density at radius 3 is 2.94 bits per heavy atom. The number of nitrogens with one attached hydrogen (secondary N) is 1. The summed E-state index contributed by atoms with van der Waals surface area (Å²) < 4.78 is 7.94. The zero-order valence-electron chi connectivity index (χ0n) is 19.0. The van der Waals surface area contributed by atoms with E-state index in [2.05, 4.69) is 47.5 Å². The SMILES string of the molecule is CC(C)CCn1cc(-c2ccc3c(c2)N(c2nc4c(s2)C(=O)NC(C)(C)C4)CCO3)cn1. The molecule has 32 heavy (non-hydrogen) atoms. The molecule has 1 amide bonds. The molecule has 0 fully saturated rings. The first-order valence-corrected chi connectivity index (χ1v) is 12.0. The Morgan fingerprint density at radius 1 is 1.28 bits per heavy atom. The van der Waals surface area contributed by atoms with E-state index in [1.807, 2.05) is 30.8 Å². The van der Waals surface area contributed by atoms with E-state index < -0.39 is 0 Å². The summed E-state index contributed by atoms with van der Waals surface area (Å²) in [4.78, 5) is 20.4. The average Bonchev–Trinajstić information content (AvgIpc) is 3.38. The Kier molecular flexibility index (Phi) is 5.20. The molecule has 2 aromatic heterocycles. The van der Waals surface area contributed by atoms with Crippen molar-refractivity contribution in [2.45, 2.75) is 52.6 Å². The van der Waals surface area contributed by atoms with Crippen molar-refractivity contribution in [3.63, 3.8) is 0 Å². The fourth-order valence-corrected chi connectivity index (χ4v) is 5.22. The third kappa shape index (κ3) is 3.99. The van der Waals surface area contributed by atoms with Gasteiger partial charge in [-0.2, -0.15) is 5.10 Å². The lowest BCUT2D eigenvalue weighted by molar-refractivity contribution is 0.0901. The van der Waals surface area contributed by atoms with Crippen molar-refractivity contribution in [1.29, 1.82) is 0 Å². The van der Waals surface area contributed by atoms with Crippen molar-refractivity contribution in [3.05, 3.63) is 41.2 Å². The van der Waals surface area contributed by atoms with E-state index >= 15 is 0 Å². The van der Waals surface area contributed by atoms with Gasteiger partial charge in [-0.15, -0.1) is 0 Å². The van der Waals surface area contributed by atoms with Gasteiger partial charge in [0.2, 0.25) is 0 Å². The number of hydrogen-bond donors (Lipinski definition) is 1. The summed E-state index contributed by atoms with van der Waals surface area (Å²) in [6, 6.07) is 6.24. The number of hydrogen-bond acceptors (Lipinski definition) is 6. The van der Waals surface area contributed by atoms with Crippen molar-refractivity contribution in [3.8, 4) is 16.9 Å². The monoisotopic (exact) mass is 451 g/mol. The largest absolute Gasteiger partial charge is 0.490 e. The molecule has 1 aromatic carbocycles. The fourth-order valence-electron chi connectivity index (χ4n) is 4.20. The minimum atomic E-state index is -0.277. The van der Waals surface area contributed by atoms with Crippen molar-refractivity contribution in [1.82, 2.24) is 20.1 Å². The zero-order valence-corrected chi connectivity index (χ0v) is 19.8. The van der Waals surface area contributed by atoms with Gasteiger partial charge in [-0.3, -0.25) is 9.48 Å². The van der Waals surface area contributed by atoms with Gasteiger partial charge in [0, 0.05) is 30.3 Å². The van der Waals surface area contributed by atoms with Crippen LogP contribution in [0.15, 0.2) is 30.6 Å². The lowest BCUT2D eigenvalue weighted by Gasteiger charge is -2.29. The number of nitrogens with zero attached hydrogens (tertiary/aromatic N) is 4. The average molecular weight is 452 g/mol. The first-order valence-electron chi connectivity index (χ1n) is 11.2. The van der Waals surface area contributed by atoms with Crippen molar-refractivity contribution >= 4 is 28.1 Å². The van der Waals surface area contributed by atoms with Crippen LogP contribution in [0.1, 0.15) is 49.5 Å². The van der Waals surface area contributed by atoms with Gasteiger partial charge >= 0.3 is 0 Å². The van der Waals surface area contributed by atoms with Gasteiger partial charge < -0.3 is 15.0 Å². The van der Waals surface area contributed by atoms with E-state index in [0.29, 0.717) is 19.1 Å². The van der Waals surface area contributed by atoms with Gasteiger partial charge in [0.05, 0.1) is 24.1 Å². The maximum atomic E-state index is 12.6. The predicted octanol–water partition coefficient (Wildman–Crippen LogP) is 4.65. The van der Waals surface area contributed by atoms with Crippen LogP contribution in [0.4, 0.5) is 10.8 Å². The third-order valence-corrected chi connectivity index (χ3v) is 7.03. The normalized spacial score (nSPS) is 17.0. The standard InChI is InChI=1S/C24H29N5O2S/c1-15(2)7-8-28-14-17(13-25-28)16-5-6-20-19(11-16)29(9-10-31-20)23-26-18-12-24(3,4)27-22(30)21(18)32-23/h5-6,11,13-15H,7-10,12H2,1-4H3,(H,27,30). The number of aromatic nitrogens is 3. The fraction of sp³-hybridized carbons (Fsp3) is 0.458. The number of benzene rings is 1. The molecule has 0 aliphatic carbocycles. The first kappa shape index (κ1) is 21.0. The van der Waals surface area contributed by atoms with Gasteiger partial charge in [0.15, 0.2) is 5.13 Å². The van der Waals surface area contributed by atoms with Crippen LogP contribution in [-0.4, -0.2) is 39.4 Å². The maximum Gasteiger partial charge on any atom is 0.263 e. The molecular weight excluding hydrogens is 422 g/mol. The molecule has 0 bridgehead atoms. The van der Waals surface area contributed by atoms with Crippen molar-refractivity contribution < 1.29 is 9.53 Å². The Bertz CT molecular complexity index is 1160. The quantitative estimate of drug-likeness (QED) is 0.611. The number of rotatable bonds is 5. The Labute approximate surface area is 192 Å². The van der Waals surface area contributed by atoms with Crippen LogP contribution in [0, 0.1) is 5.92 Å². The van der Waals surface area contributed by atoms with Crippen LogP contribution in [0.3, 0.4) is 0 Å². The molecule has 2 aliphatic rings. The van der Waals surface area contributed by atoms with E-state index in [1.165, 1.54) is 11.3 Å². The van der Waals surface area contributed by atoms with Gasteiger partial charge in [-0.05, 0) is 43.9 Å². The lowest BCUT2D eigenvalue weighted by Crippen LogP contribution is -2.48. The van der Waals surface area contributed by atoms with E-state index in [1.54, 1.807) is 0 Å². The number of ether oxygens (including phenoxy) is 1. The summed E-state index contributed by atoms with van der Waals surface area (Å²) in [5.41, 5.74) is 3.77. The highest BCUT2D eigenvalue weighted by atomic mass is 32.1. The van der Waals surface area contributed by atoms with Gasteiger partial charge in [-0.1, -0.05) is 31.3 Å². The topological polar surface area (TPSA) is 72.3 Å². The van der Waals surface area contributed by atoms with Crippen molar-refractivity contribution in [2.75, 3.05) is 18.1 Å². The molecular formula is C24H29N5O2S. The molecule has 5 rings (SSSR count). The molecule has 168 valence electrons. The molecule has 0 unspecified atom stereocenters. The molecule has 0 spiro atoms. The number of anilines is 2. The molecule has 8 heteroatoms. The van der Waals surface area contributed by atoms with Gasteiger partial charge in [0.1, 0.15) is 17.2 Å². The summed E-state index contributed by atoms with van der Waals surface area (Å²) >= 11 is 1.46. The number of amides is 1. The summed E-state index contributed by atoms with van der Waals surface area (Å²) in [7, 11) is 0. The second-order valence-electron chi connectivity index (χ2n) is 9.64. The van der Waals surface area contributed by atoms with Crippen LogP contribution in [0.2, 0.25) is 0 Å². The van der Waals surface area contributed by atoms with E-state index in [-0.39, 0.29) is 11.4 Å². The van der Waals surface area contributed by atoms with Crippen LogP contribution in [-0.2, 0) is 13.0 Å². The summed E-state index contributed by atoms with van der Waals surface area (Å²) in [6.45, 7) is 10.7. The zero-order chi connectivity index (χ0) is 22.5. The number of thiazole rings is 1. The minimum absolute atomic E-state index is 0.0314. The highest BCUT2D eigenvalue weighted by Crippen LogP contribution is 2.42. The highest BCUT2D eigenvalue weighted by molar-refractivity contribution is 7.17. The number of carbonyl (C=O) groups excluding carboxylic acids is 1. The molecule has 4 heterocycles. The van der Waals surface area contributed by atoms with E-state index in [9.17, 15) is 4.79 Å². The summed E-state index contributed by atoms with van der Waals surface area (Å²) in [5, 5.41) is 8.46. The maximum absolute atomic E-state index is 12.6. The second-order valence-corrected chi connectivity index (χ2v) is 10.6. The molecule has 1 N–H and O–H groups in total. The second kappa shape index (κ2) is 7.92. The van der Waals surface area contributed by atoms with E-state index in [0.717, 1.165) is 57.7 Å². The number of fused-ring (bicyclic) bond motifs is 2. The molecule has 0 radical (unpaired) electrons. The van der Waals surface area contributed by atoms with Crippen LogP contribution >= 0.6 is 11.3 Å². The Hall–Kier alpha value is -2.87.